The second-order valence-corrected chi connectivity index (χ2v) is 6.75. The van der Waals surface area contributed by atoms with Crippen LogP contribution in [0.1, 0.15) is 58.7 Å². The third-order valence-corrected chi connectivity index (χ3v) is 4.88. The Bertz CT molecular complexity index is 941. The predicted molar refractivity (Wildman–Crippen MR) is 92.4 cm³/mol. The Morgan fingerprint density at radius 1 is 1.24 bits per heavy atom. The van der Waals surface area contributed by atoms with Crippen molar-refractivity contribution >= 4 is 16.9 Å². The fourth-order valence-electron chi connectivity index (χ4n) is 3.55. The molecule has 0 bridgehead atoms. The highest BCUT2D eigenvalue weighted by Crippen LogP contribution is 2.34. The summed E-state index contributed by atoms with van der Waals surface area (Å²) in [6.07, 6.45) is 2.83. The highest BCUT2D eigenvalue weighted by molar-refractivity contribution is 5.99. The SMILES string of the molecule is Cc1ccc2c(C)c(C(=O)N3CCCCC3c3nc(C)no3)oc2c1. The Morgan fingerprint density at radius 2 is 2.08 bits per heavy atom. The first-order valence-electron chi connectivity index (χ1n) is 8.65. The monoisotopic (exact) mass is 339 g/mol. The van der Waals surface area contributed by atoms with Gasteiger partial charge in [-0.15, -0.1) is 0 Å². The molecule has 1 unspecified atom stereocenters. The summed E-state index contributed by atoms with van der Waals surface area (Å²) in [6, 6.07) is 5.82. The van der Waals surface area contributed by atoms with E-state index in [0.717, 1.165) is 41.4 Å². The van der Waals surface area contributed by atoms with E-state index < -0.39 is 0 Å². The maximum atomic E-state index is 13.2. The van der Waals surface area contributed by atoms with E-state index in [1.54, 1.807) is 6.92 Å². The summed E-state index contributed by atoms with van der Waals surface area (Å²) >= 11 is 0. The number of carbonyl (C=O) groups excluding carboxylic acids is 1. The molecule has 0 aliphatic carbocycles. The van der Waals surface area contributed by atoms with Crippen molar-refractivity contribution in [1.82, 2.24) is 15.0 Å². The van der Waals surface area contributed by atoms with Gasteiger partial charge in [-0.3, -0.25) is 4.79 Å². The smallest absolute Gasteiger partial charge is 0.290 e. The molecule has 4 rings (SSSR count). The lowest BCUT2D eigenvalue weighted by molar-refractivity contribution is 0.0531. The van der Waals surface area contributed by atoms with Gasteiger partial charge in [0, 0.05) is 17.5 Å². The van der Waals surface area contributed by atoms with Crippen LogP contribution in [0.25, 0.3) is 11.0 Å². The number of hydrogen-bond donors (Lipinski definition) is 0. The molecule has 1 aliphatic rings. The van der Waals surface area contributed by atoms with Gasteiger partial charge in [-0.05, 0) is 51.7 Å². The number of amides is 1. The summed E-state index contributed by atoms with van der Waals surface area (Å²) in [5, 5.41) is 4.86. The fraction of sp³-hybridized carbons (Fsp3) is 0.421. The molecule has 3 heterocycles. The van der Waals surface area contributed by atoms with Crippen LogP contribution in [0.5, 0.6) is 0 Å². The van der Waals surface area contributed by atoms with E-state index in [1.807, 2.05) is 36.9 Å². The quantitative estimate of drug-likeness (QED) is 0.702. The molecule has 3 aromatic rings. The summed E-state index contributed by atoms with van der Waals surface area (Å²) < 4.78 is 11.3. The molecular weight excluding hydrogens is 318 g/mol. The maximum Gasteiger partial charge on any atom is 0.290 e. The van der Waals surface area contributed by atoms with Crippen LogP contribution in [0, 0.1) is 20.8 Å². The number of fused-ring (bicyclic) bond motifs is 1. The number of aryl methyl sites for hydroxylation is 3. The fourth-order valence-corrected chi connectivity index (χ4v) is 3.55. The molecule has 6 heteroatoms. The van der Waals surface area contributed by atoms with Crippen molar-refractivity contribution in [2.75, 3.05) is 6.54 Å². The summed E-state index contributed by atoms with van der Waals surface area (Å²) in [4.78, 5) is 19.4. The van der Waals surface area contributed by atoms with Crippen molar-refractivity contribution in [3.63, 3.8) is 0 Å². The summed E-state index contributed by atoms with van der Waals surface area (Å²) in [5.74, 6) is 1.40. The van der Waals surface area contributed by atoms with Crippen LogP contribution in [0.4, 0.5) is 0 Å². The zero-order valence-corrected chi connectivity index (χ0v) is 14.7. The van der Waals surface area contributed by atoms with Gasteiger partial charge in [-0.1, -0.05) is 17.3 Å². The van der Waals surface area contributed by atoms with E-state index in [9.17, 15) is 4.79 Å². The molecular formula is C19H21N3O3. The summed E-state index contributed by atoms with van der Waals surface area (Å²) in [6.45, 7) is 6.40. The third kappa shape index (κ3) is 2.71. The van der Waals surface area contributed by atoms with Gasteiger partial charge < -0.3 is 13.8 Å². The van der Waals surface area contributed by atoms with E-state index in [-0.39, 0.29) is 11.9 Å². The molecule has 2 aromatic heterocycles. The summed E-state index contributed by atoms with van der Waals surface area (Å²) in [7, 11) is 0. The van der Waals surface area contributed by atoms with Crippen molar-refractivity contribution < 1.29 is 13.7 Å². The van der Waals surface area contributed by atoms with E-state index in [0.29, 0.717) is 24.0 Å². The number of furan rings is 1. The molecule has 0 saturated carbocycles. The topological polar surface area (TPSA) is 72.4 Å². The first-order valence-corrected chi connectivity index (χ1v) is 8.65. The average molecular weight is 339 g/mol. The van der Waals surface area contributed by atoms with Gasteiger partial charge in [0.2, 0.25) is 5.89 Å². The minimum atomic E-state index is -0.184. The maximum absolute atomic E-state index is 13.2. The second-order valence-electron chi connectivity index (χ2n) is 6.75. The highest BCUT2D eigenvalue weighted by atomic mass is 16.5. The summed E-state index contributed by atoms with van der Waals surface area (Å²) in [5.41, 5.74) is 2.74. The molecule has 1 fully saturated rings. The van der Waals surface area contributed by atoms with Crippen LogP contribution in [-0.2, 0) is 0 Å². The number of carbonyl (C=O) groups is 1. The number of aromatic nitrogens is 2. The molecule has 6 nitrogen and oxygen atoms in total. The molecule has 1 aliphatic heterocycles. The molecule has 0 N–H and O–H groups in total. The molecule has 0 spiro atoms. The van der Waals surface area contributed by atoms with E-state index in [1.165, 1.54) is 0 Å². The van der Waals surface area contributed by atoms with Crippen LogP contribution in [0.3, 0.4) is 0 Å². The Balaban J connectivity index is 1.72. The molecule has 1 aromatic carbocycles. The van der Waals surface area contributed by atoms with Gasteiger partial charge >= 0.3 is 0 Å². The lowest BCUT2D eigenvalue weighted by Gasteiger charge is -2.32. The zero-order valence-electron chi connectivity index (χ0n) is 14.7. The molecule has 25 heavy (non-hydrogen) atoms. The largest absolute Gasteiger partial charge is 0.451 e. The average Bonchev–Trinajstić information content (AvgIpc) is 3.18. The minimum Gasteiger partial charge on any atom is -0.451 e. The molecule has 130 valence electrons. The lowest BCUT2D eigenvalue weighted by atomic mass is 10.0. The Kier molecular flexibility index (Phi) is 3.82. The zero-order chi connectivity index (χ0) is 17.6. The first-order chi connectivity index (χ1) is 12.0. The number of likely N-dealkylation sites (tertiary alicyclic amines) is 1. The normalized spacial score (nSPS) is 18.0. The molecule has 0 radical (unpaired) electrons. The van der Waals surface area contributed by atoms with Gasteiger partial charge in [0.15, 0.2) is 11.6 Å². The second kappa shape index (κ2) is 6.02. The number of benzene rings is 1. The number of piperidine rings is 1. The van der Waals surface area contributed by atoms with Crippen LogP contribution < -0.4 is 0 Å². The molecule has 1 amide bonds. The van der Waals surface area contributed by atoms with E-state index in [4.69, 9.17) is 8.94 Å². The Hall–Kier alpha value is -2.63. The third-order valence-electron chi connectivity index (χ3n) is 4.88. The standard InChI is InChI=1S/C19H21N3O3/c1-11-7-8-14-12(2)17(24-16(14)10-11)19(23)22-9-5-4-6-15(22)18-20-13(3)21-25-18/h7-8,10,15H,4-6,9H2,1-3H3. The van der Waals surface area contributed by atoms with Gasteiger partial charge in [0.1, 0.15) is 11.6 Å². The van der Waals surface area contributed by atoms with Crippen LogP contribution in [0.15, 0.2) is 27.1 Å². The predicted octanol–water partition coefficient (Wildman–Crippen LogP) is 4.11. The Morgan fingerprint density at radius 3 is 2.84 bits per heavy atom. The van der Waals surface area contributed by atoms with Crippen LogP contribution >= 0.6 is 0 Å². The first kappa shape index (κ1) is 15.9. The number of hydrogen-bond acceptors (Lipinski definition) is 5. The molecule has 1 atom stereocenters. The lowest BCUT2D eigenvalue weighted by Crippen LogP contribution is -2.38. The van der Waals surface area contributed by atoms with E-state index in [2.05, 4.69) is 10.1 Å². The van der Waals surface area contributed by atoms with Crippen LogP contribution in [-0.4, -0.2) is 27.5 Å². The van der Waals surface area contributed by atoms with Crippen LogP contribution in [0.2, 0.25) is 0 Å². The number of nitrogens with zero attached hydrogens (tertiary/aromatic N) is 3. The van der Waals surface area contributed by atoms with Gasteiger partial charge in [-0.25, -0.2) is 0 Å². The van der Waals surface area contributed by atoms with Crippen molar-refractivity contribution in [2.45, 2.75) is 46.1 Å². The van der Waals surface area contributed by atoms with Gasteiger partial charge in [0.25, 0.3) is 5.91 Å². The Labute approximate surface area is 145 Å². The van der Waals surface area contributed by atoms with Gasteiger partial charge in [0.05, 0.1) is 0 Å². The van der Waals surface area contributed by atoms with Gasteiger partial charge in [-0.2, -0.15) is 4.98 Å². The van der Waals surface area contributed by atoms with E-state index >= 15 is 0 Å². The van der Waals surface area contributed by atoms with Crippen molar-refractivity contribution in [2.24, 2.45) is 0 Å². The minimum absolute atomic E-state index is 0.105. The van der Waals surface area contributed by atoms with Crippen molar-refractivity contribution in [3.05, 3.63) is 46.8 Å². The van der Waals surface area contributed by atoms with Crippen molar-refractivity contribution in [3.8, 4) is 0 Å². The van der Waals surface area contributed by atoms with Crippen molar-refractivity contribution in [1.29, 1.82) is 0 Å². The highest BCUT2D eigenvalue weighted by Gasteiger charge is 2.34. The molecule has 1 saturated heterocycles. The number of rotatable bonds is 2.